The number of likely N-dealkylation sites (N-methyl/N-ethyl adjacent to an activating group) is 2. The number of cyclic esters (lactones) is 1. The third-order valence-electron chi connectivity index (χ3n) is 12.4. The molecule has 4 aliphatic rings. The molecule has 0 spiro atoms. The summed E-state index contributed by atoms with van der Waals surface area (Å²) in [5.41, 5.74) is -1.47. The second-order valence-corrected chi connectivity index (χ2v) is 17.8. The van der Waals surface area contributed by atoms with Gasteiger partial charge in [0.15, 0.2) is 18.9 Å². The molecule has 16 heteroatoms. The third-order valence-corrected chi connectivity index (χ3v) is 12.4. The van der Waals surface area contributed by atoms with Crippen LogP contribution in [0.2, 0.25) is 0 Å². The maximum atomic E-state index is 13.1. The molecule has 4 heterocycles. The summed E-state index contributed by atoms with van der Waals surface area (Å²) in [6.45, 7) is 10.8. The Hall–Kier alpha value is -1.90. The predicted molar refractivity (Wildman–Crippen MR) is 217 cm³/mol. The van der Waals surface area contributed by atoms with E-state index in [-0.39, 0.29) is 30.9 Å². The van der Waals surface area contributed by atoms with Gasteiger partial charge in [0.2, 0.25) is 0 Å². The van der Waals surface area contributed by atoms with Gasteiger partial charge in [0.05, 0.1) is 54.7 Å². The molecule has 16 nitrogen and oxygen atoms in total. The van der Waals surface area contributed by atoms with Crippen LogP contribution in [-0.2, 0) is 47.5 Å². The summed E-state index contributed by atoms with van der Waals surface area (Å²) in [6, 6.07) is -0.466. The summed E-state index contributed by atoms with van der Waals surface area (Å²) in [5, 5.41) is 45.1. The van der Waals surface area contributed by atoms with Crippen LogP contribution in [0.4, 0.5) is 0 Å². The highest BCUT2D eigenvalue weighted by Crippen LogP contribution is 2.37. The van der Waals surface area contributed by atoms with Crippen LogP contribution in [0.3, 0.4) is 0 Å². The van der Waals surface area contributed by atoms with Crippen LogP contribution in [0.25, 0.3) is 0 Å². The van der Waals surface area contributed by atoms with Crippen molar-refractivity contribution in [3.63, 3.8) is 0 Å². The Labute approximate surface area is 351 Å². The summed E-state index contributed by atoms with van der Waals surface area (Å²) in [5.74, 6) is -1.47. The molecule has 0 amide bonds. The van der Waals surface area contributed by atoms with Gasteiger partial charge in [-0.3, -0.25) is 4.79 Å². The molecule has 0 saturated carbocycles. The minimum atomic E-state index is -1.47. The maximum absolute atomic E-state index is 13.1. The first-order valence-corrected chi connectivity index (χ1v) is 21.3. The SMILES string of the molecule is CO[C@@H]1[C@@H](O[C@@H]2O[C@H](C)[C@H](O[C@@H]3C[C@](C)(O)[C@H](O)[C@H](C)O3)[C@H](N(C)C)[C@@H]2O)[C@@H](CC=O)C[C@@H](C)[C@@H](O[C@@H]2CC[C@H](N(C)C)[C@H](C)O2)/C=C/C=C\C[C@@H](C)OC(=O)C[C@H]1O. The molecule has 0 bridgehead atoms. The summed E-state index contributed by atoms with van der Waals surface area (Å²) in [4.78, 5) is 29.5. The second kappa shape index (κ2) is 22.5. The van der Waals surface area contributed by atoms with Gasteiger partial charge >= 0.3 is 5.97 Å². The number of nitrogens with zero attached hydrogens (tertiary/aromatic N) is 2. The molecule has 4 rings (SSSR count). The van der Waals surface area contributed by atoms with Gasteiger partial charge in [-0.15, -0.1) is 0 Å². The van der Waals surface area contributed by atoms with Gasteiger partial charge in [0, 0.05) is 32.4 Å². The number of esters is 1. The lowest BCUT2D eigenvalue weighted by molar-refractivity contribution is -0.344. The molecule has 59 heavy (non-hydrogen) atoms. The monoisotopic (exact) mass is 843 g/mol. The molecule has 0 aliphatic carbocycles. The number of allylic oxidation sites excluding steroid dienone is 2. The van der Waals surface area contributed by atoms with E-state index in [9.17, 15) is 30.0 Å². The quantitative estimate of drug-likeness (QED) is 0.175. The van der Waals surface area contributed by atoms with Crippen LogP contribution < -0.4 is 0 Å². The van der Waals surface area contributed by atoms with E-state index < -0.39 is 110 Å². The minimum absolute atomic E-state index is 0.00885. The normalized spacial score (nSPS) is 45.8. The average molecular weight is 843 g/mol. The molecule has 0 aromatic heterocycles. The third kappa shape index (κ3) is 13.3. The average Bonchev–Trinajstić information content (AvgIpc) is 3.13. The Bertz CT molecular complexity index is 1370. The number of methoxy groups -OCH3 is 1. The van der Waals surface area contributed by atoms with E-state index in [0.717, 1.165) is 12.7 Å². The van der Waals surface area contributed by atoms with Crippen molar-refractivity contribution >= 4 is 12.3 Å². The van der Waals surface area contributed by atoms with Crippen LogP contribution in [-0.4, -0.2) is 181 Å². The Kier molecular flexibility index (Phi) is 18.9. The maximum Gasteiger partial charge on any atom is 0.308 e. The second-order valence-electron chi connectivity index (χ2n) is 17.8. The number of ether oxygens (including phenoxy) is 8. The first-order chi connectivity index (χ1) is 27.8. The molecule has 0 aromatic carbocycles. The van der Waals surface area contributed by atoms with Crippen molar-refractivity contribution in [3.8, 4) is 0 Å². The summed E-state index contributed by atoms with van der Waals surface area (Å²) >= 11 is 0. The van der Waals surface area contributed by atoms with Crippen LogP contribution >= 0.6 is 0 Å². The summed E-state index contributed by atoms with van der Waals surface area (Å²) < 4.78 is 50.0. The zero-order chi connectivity index (χ0) is 43.8. The molecule has 3 saturated heterocycles. The van der Waals surface area contributed by atoms with Crippen LogP contribution in [0.15, 0.2) is 24.3 Å². The van der Waals surface area contributed by atoms with Gasteiger partial charge in [0.1, 0.15) is 36.8 Å². The fourth-order valence-electron chi connectivity index (χ4n) is 9.10. The predicted octanol–water partition coefficient (Wildman–Crippen LogP) is 2.33. The lowest BCUT2D eigenvalue weighted by atomic mass is 9.82. The number of rotatable bonds is 11. The number of carbonyl (C=O) groups is 2. The largest absolute Gasteiger partial charge is 0.462 e. The van der Waals surface area contributed by atoms with Crippen LogP contribution in [0, 0.1) is 11.8 Å². The number of carbonyl (C=O) groups excluding carboxylic acids is 2. The van der Waals surface area contributed by atoms with Gasteiger partial charge in [-0.1, -0.05) is 31.2 Å². The summed E-state index contributed by atoms with van der Waals surface area (Å²) in [6.07, 6.45) is -1.56. The highest BCUT2D eigenvalue weighted by Gasteiger charge is 2.52. The number of aldehydes is 1. The fraction of sp³-hybridized carbons (Fsp3) is 0.860. The fourth-order valence-corrected chi connectivity index (χ4v) is 9.10. The van der Waals surface area contributed by atoms with Crippen molar-refractivity contribution in [1.29, 1.82) is 0 Å². The van der Waals surface area contributed by atoms with E-state index in [1.807, 2.05) is 52.2 Å². The van der Waals surface area contributed by atoms with Crippen molar-refractivity contribution in [3.05, 3.63) is 24.3 Å². The first kappa shape index (κ1) is 49.8. The van der Waals surface area contributed by atoms with E-state index in [2.05, 4.69) is 4.90 Å². The standard InChI is InChI=1S/C43H74N2O14/c1-24-21-29(19-20-46)39(59-42-37(49)36(45(9)10)38(27(4)56-42)58-35-23-43(6,51)41(50)28(5)55-35)40(52-11)31(47)22-33(48)53-25(2)15-13-12-14-16-32(24)57-34-18-17-30(44(7)8)26(3)54-34/h12-14,16,20,24-32,34-42,47,49-51H,15,17-19,21-23H2,1-11H3/b13-12-,16-14+/t24-,25-,26+,27-,28+,29+,30+,31-,32+,34-,35-,36-,37+,38+,39+,40+,41-,42+,43+/m1/s1. The molecule has 19 atom stereocenters. The molecule has 0 unspecified atom stereocenters. The van der Waals surface area contributed by atoms with E-state index in [0.29, 0.717) is 19.3 Å². The minimum Gasteiger partial charge on any atom is -0.462 e. The Balaban J connectivity index is 1.66. The van der Waals surface area contributed by atoms with Crippen molar-refractivity contribution in [2.45, 2.75) is 190 Å². The Morgan fingerprint density at radius 2 is 1.56 bits per heavy atom. The van der Waals surface area contributed by atoms with Crippen molar-refractivity contribution in [2.75, 3.05) is 35.3 Å². The number of aliphatic hydroxyl groups is 4. The zero-order valence-corrected chi connectivity index (χ0v) is 37.0. The molecular formula is C43H74N2O14. The topological polar surface area (TPSA) is 195 Å². The van der Waals surface area contributed by atoms with E-state index in [4.69, 9.17) is 37.9 Å². The molecular weight excluding hydrogens is 768 g/mol. The van der Waals surface area contributed by atoms with Crippen LogP contribution in [0.5, 0.6) is 0 Å². The first-order valence-electron chi connectivity index (χ1n) is 21.3. The highest BCUT2D eigenvalue weighted by atomic mass is 16.7. The molecule has 4 N–H and O–H groups in total. The number of hydrogen-bond acceptors (Lipinski definition) is 16. The smallest absolute Gasteiger partial charge is 0.308 e. The molecule has 3 fully saturated rings. The van der Waals surface area contributed by atoms with Gasteiger partial charge in [0.25, 0.3) is 0 Å². The highest BCUT2D eigenvalue weighted by molar-refractivity contribution is 5.70. The van der Waals surface area contributed by atoms with Crippen LogP contribution in [0.1, 0.15) is 86.5 Å². The van der Waals surface area contributed by atoms with Gasteiger partial charge in [-0.25, -0.2) is 0 Å². The lowest BCUT2D eigenvalue weighted by Gasteiger charge is -2.50. The molecule has 0 aromatic rings. The van der Waals surface area contributed by atoms with E-state index >= 15 is 0 Å². The molecule has 340 valence electrons. The number of aliphatic hydroxyl groups excluding tert-OH is 3. The summed E-state index contributed by atoms with van der Waals surface area (Å²) in [7, 11) is 9.03. The zero-order valence-electron chi connectivity index (χ0n) is 37.0. The van der Waals surface area contributed by atoms with Gasteiger partial charge < -0.3 is 72.9 Å². The van der Waals surface area contributed by atoms with Crippen molar-refractivity contribution < 1.29 is 67.9 Å². The van der Waals surface area contributed by atoms with Crippen molar-refractivity contribution in [1.82, 2.24) is 9.80 Å². The lowest BCUT2D eigenvalue weighted by Crippen LogP contribution is -2.65. The van der Waals surface area contributed by atoms with Gasteiger partial charge in [-0.2, -0.15) is 0 Å². The van der Waals surface area contributed by atoms with Crippen molar-refractivity contribution in [2.24, 2.45) is 11.8 Å². The van der Waals surface area contributed by atoms with E-state index in [1.54, 1.807) is 39.8 Å². The number of hydrogen-bond donors (Lipinski definition) is 4. The Morgan fingerprint density at radius 1 is 0.864 bits per heavy atom. The molecule has 0 radical (unpaired) electrons. The molecule has 4 aliphatic heterocycles. The van der Waals surface area contributed by atoms with E-state index in [1.165, 1.54) is 14.0 Å². The Morgan fingerprint density at radius 3 is 2.17 bits per heavy atom. The van der Waals surface area contributed by atoms with Gasteiger partial charge in [-0.05, 0) is 93.9 Å².